The summed E-state index contributed by atoms with van der Waals surface area (Å²) < 4.78 is 1.22. The highest BCUT2D eigenvalue weighted by Crippen LogP contribution is 2.06. The fourth-order valence-corrected chi connectivity index (χ4v) is 2.78. The highest BCUT2D eigenvalue weighted by molar-refractivity contribution is 5.89. The number of carbonyl (C=O) groups excluding carboxylic acids is 1. The Morgan fingerprint density at radius 1 is 1.04 bits per heavy atom. The maximum atomic E-state index is 12.4. The van der Waals surface area contributed by atoms with Gasteiger partial charge in [0.1, 0.15) is 5.82 Å². The van der Waals surface area contributed by atoms with Gasteiger partial charge in [-0.2, -0.15) is 0 Å². The van der Waals surface area contributed by atoms with E-state index < -0.39 is 5.69 Å². The summed E-state index contributed by atoms with van der Waals surface area (Å²) in [7, 11) is 0. The number of carbonyl (C=O) groups is 1. The normalized spacial score (nSPS) is 10.8. The lowest BCUT2D eigenvalue weighted by Crippen LogP contribution is -2.35. The van der Waals surface area contributed by atoms with Gasteiger partial charge in [0, 0.05) is 19.2 Å². The molecule has 2 aromatic heterocycles. The minimum atomic E-state index is -0.401. The predicted octanol–water partition coefficient (Wildman–Crippen LogP) is 2.28. The number of hydrogen-bond acceptors (Lipinski definition) is 4. The van der Waals surface area contributed by atoms with Crippen LogP contribution < -0.4 is 16.6 Å². The Bertz CT molecular complexity index is 1010. The molecule has 1 amide bonds. The van der Waals surface area contributed by atoms with Gasteiger partial charge in [-0.25, -0.2) is 9.78 Å². The van der Waals surface area contributed by atoms with E-state index in [9.17, 15) is 14.4 Å². The van der Waals surface area contributed by atoms with Crippen LogP contribution >= 0.6 is 0 Å². The van der Waals surface area contributed by atoms with E-state index in [4.69, 9.17) is 0 Å². The monoisotopic (exact) mass is 352 g/mol. The van der Waals surface area contributed by atoms with E-state index in [0.717, 1.165) is 6.42 Å². The van der Waals surface area contributed by atoms with Gasteiger partial charge in [-0.3, -0.25) is 14.2 Å². The molecule has 0 saturated carbocycles. The van der Waals surface area contributed by atoms with Crippen LogP contribution in [-0.2, 0) is 11.3 Å². The Balaban J connectivity index is 1.50. The third kappa shape index (κ3) is 4.24. The minimum absolute atomic E-state index is 0.0931. The summed E-state index contributed by atoms with van der Waals surface area (Å²) in [4.78, 5) is 43.1. The third-order valence-electron chi connectivity index (χ3n) is 4.11. The Morgan fingerprint density at radius 2 is 1.85 bits per heavy atom. The Labute approximate surface area is 149 Å². The average Bonchev–Trinajstić information content (AvgIpc) is 2.64. The smallest absolute Gasteiger partial charge is 0.311 e. The van der Waals surface area contributed by atoms with E-state index in [1.807, 2.05) is 0 Å². The van der Waals surface area contributed by atoms with Crippen LogP contribution in [0.5, 0.6) is 0 Å². The van der Waals surface area contributed by atoms with Gasteiger partial charge in [-0.1, -0.05) is 24.6 Å². The van der Waals surface area contributed by atoms with E-state index in [1.165, 1.54) is 4.57 Å². The van der Waals surface area contributed by atoms with Crippen molar-refractivity contribution >= 4 is 22.6 Å². The number of hydrogen-bond donors (Lipinski definition) is 2. The summed E-state index contributed by atoms with van der Waals surface area (Å²) >= 11 is 0. The largest absolute Gasteiger partial charge is 0.328 e. The number of benzene rings is 1. The third-order valence-corrected chi connectivity index (χ3v) is 4.11. The number of pyridine rings is 1. The van der Waals surface area contributed by atoms with Crippen molar-refractivity contribution in [2.24, 2.45) is 0 Å². The fourth-order valence-electron chi connectivity index (χ4n) is 2.78. The van der Waals surface area contributed by atoms with Crippen molar-refractivity contribution in [1.82, 2.24) is 14.5 Å². The molecule has 7 nitrogen and oxygen atoms in total. The molecule has 2 heterocycles. The molecule has 2 N–H and O–H groups in total. The molecule has 3 rings (SSSR count). The number of aromatic nitrogens is 3. The molecule has 0 bridgehead atoms. The lowest BCUT2D eigenvalue weighted by molar-refractivity contribution is -0.116. The molecule has 0 aliphatic heterocycles. The van der Waals surface area contributed by atoms with Gasteiger partial charge in [0.05, 0.1) is 10.9 Å². The summed E-state index contributed by atoms with van der Waals surface area (Å²) in [5, 5.41) is 3.23. The molecule has 0 aliphatic carbocycles. The van der Waals surface area contributed by atoms with Crippen LogP contribution in [0, 0.1) is 0 Å². The number of unbranched alkanes of at least 4 members (excludes halogenated alkanes) is 2. The van der Waals surface area contributed by atoms with E-state index in [0.29, 0.717) is 42.5 Å². The van der Waals surface area contributed by atoms with Crippen molar-refractivity contribution in [2.75, 3.05) is 5.32 Å². The second kappa shape index (κ2) is 8.24. The number of amides is 1. The Morgan fingerprint density at radius 3 is 2.65 bits per heavy atom. The lowest BCUT2D eigenvalue weighted by Gasteiger charge is -2.07. The molecule has 0 aliphatic rings. The first-order valence-corrected chi connectivity index (χ1v) is 8.58. The summed E-state index contributed by atoms with van der Waals surface area (Å²) in [6, 6.07) is 12.3. The van der Waals surface area contributed by atoms with Crippen LogP contribution in [0.2, 0.25) is 0 Å². The molecule has 134 valence electrons. The van der Waals surface area contributed by atoms with E-state index in [-0.39, 0.29) is 11.5 Å². The van der Waals surface area contributed by atoms with E-state index in [2.05, 4.69) is 15.3 Å². The molecule has 0 saturated heterocycles. The van der Waals surface area contributed by atoms with Gasteiger partial charge in [-0.15, -0.1) is 0 Å². The molecular weight excluding hydrogens is 332 g/mol. The second-order valence-electron chi connectivity index (χ2n) is 6.01. The van der Waals surface area contributed by atoms with Crippen LogP contribution in [0.1, 0.15) is 25.7 Å². The molecule has 0 radical (unpaired) electrons. The summed E-state index contributed by atoms with van der Waals surface area (Å²) in [6.45, 7) is 0.334. The molecule has 7 heteroatoms. The Kier molecular flexibility index (Phi) is 5.58. The van der Waals surface area contributed by atoms with Gasteiger partial charge >= 0.3 is 5.69 Å². The zero-order valence-electron chi connectivity index (χ0n) is 14.3. The standard InChI is InChI=1S/C19H20N4O3/c24-17(22-16-10-5-6-12-20-16)11-2-1-7-13-23-18(25)14-8-3-4-9-15(14)21-19(23)26/h3-6,8-10,12H,1-2,7,11,13H2,(H,21,26)(H,20,22,24). The number of nitrogens with one attached hydrogen (secondary N) is 2. The molecule has 0 spiro atoms. The van der Waals surface area contributed by atoms with Crippen LogP contribution in [-0.4, -0.2) is 20.4 Å². The van der Waals surface area contributed by atoms with Crippen molar-refractivity contribution in [3.8, 4) is 0 Å². The van der Waals surface area contributed by atoms with Crippen molar-refractivity contribution in [3.63, 3.8) is 0 Å². The van der Waals surface area contributed by atoms with Crippen LogP contribution in [0.3, 0.4) is 0 Å². The van der Waals surface area contributed by atoms with Gasteiger partial charge < -0.3 is 10.3 Å². The van der Waals surface area contributed by atoms with Crippen LogP contribution in [0.4, 0.5) is 5.82 Å². The van der Waals surface area contributed by atoms with Crippen molar-refractivity contribution in [2.45, 2.75) is 32.2 Å². The number of aromatic amines is 1. The van der Waals surface area contributed by atoms with Crippen LogP contribution in [0.25, 0.3) is 10.9 Å². The van der Waals surface area contributed by atoms with Gasteiger partial charge in [-0.05, 0) is 37.1 Å². The minimum Gasteiger partial charge on any atom is -0.311 e. The summed E-state index contributed by atoms with van der Waals surface area (Å²) in [5.74, 6) is 0.441. The number of H-pyrrole nitrogens is 1. The van der Waals surface area contributed by atoms with Crippen molar-refractivity contribution < 1.29 is 4.79 Å². The highest BCUT2D eigenvalue weighted by Gasteiger charge is 2.07. The number of para-hydroxylation sites is 1. The van der Waals surface area contributed by atoms with E-state index in [1.54, 1.807) is 48.7 Å². The highest BCUT2D eigenvalue weighted by atomic mass is 16.2. The van der Waals surface area contributed by atoms with Gasteiger partial charge in [0.25, 0.3) is 5.56 Å². The average molecular weight is 352 g/mol. The fraction of sp³-hybridized carbons (Fsp3) is 0.263. The first-order valence-electron chi connectivity index (χ1n) is 8.58. The first kappa shape index (κ1) is 17.6. The summed E-state index contributed by atoms with van der Waals surface area (Å²) in [5.41, 5.74) is -0.135. The summed E-state index contributed by atoms with van der Waals surface area (Å²) in [6.07, 6.45) is 4.07. The number of fused-ring (bicyclic) bond motifs is 1. The molecule has 26 heavy (non-hydrogen) atoms. The molecule has 0 fully saturated rings. The topological polar surface area (TPSA) is 96.9 Å². The molecule has 0 atom stereocenters. The number of anilines is 1. The molecule has 0 unspecified atom stereocenters. The zero-order chi connectivity index (χ0) is 18.4. The lowest BCUT2D eigenvalue weighted by atomic mass is 10.2. The Hall–Kier alpha value is -3.22. The van der Waals surface area contributed by atoms with Gasteiger partial charge in [0.15, 0.2) is 0 Å². The maximum absolute atomic E-state index is 12.4. The molecular formula is C19H20N4O3. The number of rotatable bonds is 7. The van der Waals surface area contributed by atoms with E-state index >= 15 is 0 Å². The van der Waals surface area contributed by atoms with Crippen molar-refractivity contribution in [3.05, 3.63) is 69.5 Å². The van der Waals surface area contributed by atoms with Crippen molar-refractivity contribution in [1.29, 1.82) is 0 Å². The SMILES string of the molecule is O=C(CCCCCn1c(=O)[nH]c2ccccc2c1=O)Nc1ccccn1. The second-order valence-corrected chi connectivity index (χ2v) is 6.01. The number of nitrogens with zero attached hydrogens (tertiary/aromatic N) is 2. The quantitative estimate of drug-likeness (QED) is 0.638. The van der Waals surface area contributed by atoms with Gasteiger partial charge in [0.2, 0.25) is 5.91 Å². The maximum Gasteiger partial charge on any atom is 0.328 e. The van der Waals surface area contributed by atoms with Crippen LogP contribution in [0.15, 0.2) is 58.3 Å². The molecule has 1 aromatic carbocycles. The molecule has 3 aromatic rings. The zero-order valence-corrected chi connectivity index (χ0v) is 14.3. The first-order chi connectivity index (χ1) is 12.6. The predicted molar refractivity (Wildman–Crippen MR) is 100 cm³/mol.